The highest BCUT2D eigenvalue weighted by Gasteiger charge is 2.23. The minimum atomic E-state index is -0.289. The lowest BCUT2D eigenvalue weighted by molar-refractivity contribution is 0.0124. The monoisotopic (exact) mass is 358 g/mol. The van der Waals surface area contributed by atoms with Crippen LogP contribution in [0.4, 0.5) is 0 Å². The van der Waals surface area contributed by atoms with Crippen molar-refractivity contribution in [2.45, 2.75) is 26.3 Å². The topological polar surface area (TPSA) is 87.3 Å². The molecular formula is C19H26N4O3. The number of ether oxygens (including phenoxy) is 1. The van der Waals surface area contributed by atoms with Gasteiger partial charge < -0.3 is 10.1 Å². The second-order valence-corrected chi connectivity index (χ2v) is 7.09. The first kappa shape index (κ1) is 18.5. The first-order chi connectivity index (χ1) is 12.6. The minimum Gasteiger partial charge on any atom is -0.379 e. The van der Waals surface area contributed by atoms with Gasteiger partial charge >= 0.3 is 0 Å². The van der Waals surface area contributed by atoms with E-state index in [0.29, 0.717) is 23.2 Å². The Hall–Kier alpha value is -2.25. The highest BCUT2D eigenvalue weighted by molar-refractivity contribution is 6.04. The van der Waals surface area contributed by atoms with Crippen molar-refractivity contribution in [3.8, 4) is 0 Å². The number of benzene rings is 1. The number of rotatable bonds is 6. The summed E-state index contributed by atoms with van der Waals surface area (Å²) in [6, 6.07) is 7.28. The van der Waals surface area contributed by atoms with Gasteiger partial charge in [-0.25, -0.2) is 5.10 Å². The van der Waals surface area contributed by atoms with E-state index in [1.54, 1.807) is 24.3 Å². The van der Waals surface area contributed by atoms with E-state index in [9.17, 15) is 9.59 Å². The summed E-state index contributed by atoms with van der Waals surface area (Å²) in [5, 5.41) is 10.4. The molecule has 3 rings (SSSR count). The maximum absolute atomic E-state index is 12.7. The van der Waals surface area contributed by atoms with Crippen LogP contribution < -0.4 is 10.9 Å². The van der Waals surface area contributed by atoms with Gasteiger partial charge in [-0.15, -0.1) is 0 Å². The van der Waals surface area contributed by atoms with Crippen molar-refractivity contribution >= 4 is 16.7 Å². The normalized spacial score (nSPS) is 16.7. The molecule has 1 atom stereocenters. The third kappa shape index (κ3) is 4.28. The number of fused-ring (bicyclic) bond motifs is 1. The van der Waals surface area contributed by atoms with Crippen LogP contribution in [-0.4, -0.2) is 59.9 Å². The Kier molecular flexibility index (Phi) is 6.00. The van der Waals surface area contributed by atoms with E-state index in [-0.39, 0.29) is 23.2 Å². The lowest BCUT2D eigenvalue weighted by Crippen LogP contribution is -2.49. The van der Waals surface area contributed by atoms with E-state index in [0.717, 1.165) is 32.7 Å². The Labute approximate surface area is 152 Å². The number of aromatic amines is 1. The maximum atomic E-state index is 12.7. The zero-order valence-corrected chi connectivity index (χ0v) is 15.3. The summed E-state index contributed by atoms with van der Waals surface area (Å²) in [5.41, 5.74) is -0.0337. The second kappa shape index (κ2) is 8.42. The van der Waals surface area contributed by atoms with Gasteiger partial charge in [0.05, 0.1) is 18.6 Å². The molecule has 2 aromatic rings. The molecule has 1 saturated heterocycles. The highest BCUT2D eigenvalue weighted by Crippen LogP contribution is 2.15. The Bertz CT molecular complexity index is 812. The number of amides is 1. The quantitative estimate of drug-likeness (QED) is 0.815. The van der Waals surface area contributed by atoms with Crippen molar-refractivity contribution in [3.63, 3.8) is 0 Å². The van der Waals surface area contributed by atoms with Gasteiger partial charge in [0.25, 0.3) is 11.5 Å². The largest absolute Gasteiger partial charge is 0.379 e. The fourth-order valence-corrected chi connectivity index (χ4v) is 3.43. The Morgan fingerprint density at radius 1 is 1.27 bits per heavy atom. The number of hydrogen-bond acceptors (Lipinski definition) is 5. The molecule has 1 aliphatic rings. The Balaban J connectivity index is 1.74. The summed E-state index contributed by atoms with van der Waals surface area (Å²) in [7, 11) is 0. The summed E-state index contributed by atoms with van der Waals surface area (Å²) in [5.74, 6) is 0.270. The molecule has 1 aliphatic heterocycles. The summed E-state index contributed by atoms with van der Waals surface area (Å²) in [6.45, 7) is 8.15. The van der Waals surface area contributed by atoms with Gasteiger partial charge in [-0.2, -0.15) is 5.10 Å². The van der Waals surface area contributed by atoms with Gasteiger partial charge in [0.15, 0.2) is 5.69 Å². The SMILES string of the molecule is CC(C)C[C@@H](CNC(=O)c1n[nH]c(=O)c2ccccc12)N1CCOCC1. The molecule has 0 radical (unpaired) electrons. The molecule has 1 aromatic heterocycles. The van der Waals surface area contributed by atoms with E-state index in [2.05, 4.69) is 34.3 Å². The molecule has 2 N–H and O–H groups in total. The molecule has 0 saturated carbocycles. The van der Waals surface area contributed by atoms with Crippen LogP contribution in [0.1, 0.15) is 30.8 Å². The summed E-state index contributed by atoms with van der Waals surface area (Å²) < 4.78 is 5.44. The van der Waals surface area contributed by atoms with Gasteiger partial charge in [0.1, 0.15) is 0 Å². The van der Waals surface area contributed by atoms with Crippen LogP contribution in [-0.2, 0) is 4.74 Å². The second-order valence-electron chi connectivity index (χ2n) is 7.09. The average molecular weight is 358 g/mol. The van der Waals surface area contributed by atoms with Crippen molar-refractivity contribution in [1.29, 1.82) is 0 Å². The van der Waals surface area contributed by atoms with Crippen LogP contribution in [0.5, 0.6) is 0 Å². The number of hydrogen-bond donors (Lipinski definition) is 2. The smallest absolute Gasteiger partial charge is 0.272 e. The number of aromatic nitrogens is 2. The standard InChI is InChI=1S/C19H26N4O3/c1-13(2)11-14(23-7-9-26-10-8-23)12-20-19(25)17-15-5-3-4-6-16(15)18(24)22-21-17/h3-6,13-14H,7-12H2,1-2H3,(H,20,25)(H,22,24)/t14-/m0/s1. The van der Waals surface area contributed by atoms with Crippen LogP contribution in [0.15, 0.2) is 29.1 Å². The molecule has 7 nitrogen and oxygen atoms in total. The van der Waals surface area contributed by atoms with Gasteiger partial charge in [-0.3, -0.25) is 14.5 Å². The van der Waals surface area contributed by atoms with E-state index in [1.807, 2.05) is 0 Å². The van der Waals surface area contributed by atoms with Crippen LogP contribution in [0, 0.1) is 5.92 Å². The molecule has 7 heteroatoms. The molecule has 1 fully saturated rings. The van der Waals surface area contributed by atoms with Crippen LogP contribution in [0.25, 0.3) is 10.8 Å². The summed E-state index contributed by atoms with van der Waals surface area (Å²) in [4.78, 5) is 27.0. The van der Waals surface area contributed by atoms with E-state index < -0.39 is 0 Å². The summed E-state index contributed by atoms with van der Waals surface area (Å²) >= 11 is 0. The molecule has 1 aromatic carbocycles. The molecule has 0 spiro atoms. The third-order valence-electron chi connectivity index (χ3n) is 4.71. The minimum absolute atomic E-state index is 0.255. The zero-order chi connectivity index (χ0) is 18.5. The van der Waals surface area contributed by atoms with Crippen LogP contribution >= 0.6 is 0 Å². The third-order valence-corrected chi connectivity index (χ3v) is 4.71. The van der Waals surface area contributed by atoms with Crippen LogP contribution in [0.3, 0.4) is 0 Å². The molecule has 140 valence electrons. The molecule has 2 heterocycles. The fraction of sp³-hybridized carbons (Fsp3) is 0.526. The molecular weight excluding hydrogens is 332 g/mol. The predicted octanol–water partition coefficient (Wildman–Crippen LogP) is 1.40. The van der Waals surface area contributed by atoms with E-state index in [4.69, 9.17) is 4.74 Å². The number of morpholine rings is 1. The van der Waals surface area contributed by atoms with Gasteiger partial charge in [0, 0.05) is 31.1 Å². The first-order valence-corrected chi connectivity index (χ1v) is 9.13. The van der Waals surface area contributed by atoms with E-state index >= 15 is 0 Å². The van der Waals surface area contributed by atoms with Gasteiger partial charge in [0.2, 0.25) is 0 Å². The average Bonchev–Trinajstić information content (AvgIpc) is 2.66. The van der Waals surface area contributed by atoms with Crippen molar-refractivity contribution in [1.82, 2.24) is 20.4 Å². The van der Waals surface area contributed by atoms with Crippen molar-refractivity contribution in [2.75, 3.05) is 32.8 Å². The number of nitrogens with one attached hydrogen (secondary N) is 2. The summed E-state index contributed by atoms with van der Waals surface area (Å²) in [6.07, 6.45) is 1.00. The number of nitrogens with zero attached hydrogens (tertiary/aromatic N) is 2. The Morgan fingerprint density at radius 2 is 1.96 bits per heavy atom. The molecule has 26 heavy (non-hydrogen) atoms. The predicted molar refractivity (Wildman–Crippen MR) is 100 cm³/mol. The van der Waals surface area contributed by atoms with E-state index in [1.165, 1.54) is 0 Å². The Morgan fingerprint density at radius 3 is 2.65 bits per heavy atom. The number of carbonyl (C=O) groups is 1. The molecule has 0 unspecified atom stereocenters. The lowest BCUT2D eigenvalue weighted by Gasteiger charge is -2.35. The lowest BCUT2D eigenvalue weighted by atomic mass is 10.0. The number of carbonyl (C=O) groups excluding carboxylic acids is 1. The first-order valence-electron chi connectivity index (χ1n) is 9.13. The molecule has 0 aliphatic carbocycles. The number of H-pyrrole nitrogens is 1. The zero-order valence-electron chi connectivity index (χ0n) is 15.3. The van der Waals surface area contributed by atoms with Gasteiger partial charge in [-0.1, -0.05) is 32.0 Å². The molecule has 0 bridgehead atoms. The van der Waals surface area contributed by atoms with Crippen LogP contribution in [0.2, 0.25) is 0 Å². The van der Waals surface area contributed by atoms with Crippen molar-refractivity contribution < 1.29 is 9.53 Å². The maximum Gasteiger partial charge on any atom is 0.272 e. The van der Waals surface area contributed by atoms with Gasteiger partial charge in [-0.05, 0) is 18.4 Å². The fourth-order valence-electron chi connectivity index (χ4n) is 3.43. The van der Waals surface area contributed by atoms with Crippen molar-refractivity contribution in [3.05, 3.63) is 40.3 Å². The highest BCUT2D eigenvalue weighted by atomic mass is 16.5. The molecule has 1 amide bonds. The van der Waals surface area contributed by atoms with Crippen molar-refractivity contribution in [2.24, 2.45) is 5.92 Å².